The number of aliphatic hydroxyl groups is 1. The lowest BCUT2D eigenvalue weighted by Gasteiger charge is -2.61. The van der Waals surface area contributed by atoms with E-state index < -0.39 is 0 Å². The van der Waals surface area contributed by atoms with Crippen molar-refractivity contribution in [1.82, 2.24) is 0 Å². The van der Waals surface area contributed by atoms with Crippen LogP contribution < -0.4 is 0 Å². The van der Waals surface area contributed by atoms with Crippen LogP contribution in [0.15, 0.2) is 12.2 Å². The van der Waals surface area contributed by atoms with Gasteiger partial charge in [-0.3, -0.25) is 4.79 Å². The summed E-state index contributed by atoms with van der Waals surface area (Å²) in [7, 11) is 0. The van der Waals surface area contributed by atoms with Crippen molar-refractivity contribution in [2.45, 2.75) is 77.2 Å². The first-order chi connectivity index (χ1) is 11.5. The van der Waals surface area contributed by atoms with Crippen LogP contribution in [0.2, 0.25) is 0 Å². The van der Waals surface area contributed by atoms with E-state index >= 15 is 0 Å². The molecule has 5 aliphatic rings. The Morgan fingerprint density at radius 2 is 1.83 bits per heavy atom. The first-order valence-electron chi connectivity index (χ1n) is 10.4. The molecule has 0 unspecified atom stereocenters. The summed E-state index contributed by atoms with van der Waals surface area (Å²) in [6, 6.07) is 0. The highest BCUT2D eigenvalue weighted by molar-refractivity contribution is 5.91. The van der Waals surface area contributed by atoms with Crippen molar-refractivity contribution in [1.29, 1.82) is 0 Å². The van der Waals surface area contributed by atoms with Crippen LogP contribution in [0.5, 0.6) is 0 Å². The van der Waals surface area contributed by atoms with Crippen molar-refractivity contribution >= 4 is 5.78 Å². The van der Waals surface area contributed by atoms with E-state index in [9.17, 15) is 9.90 Å². The second-order valence-electron chi connectivity index (χ2n) is 10.0. The number of hydrogen-bond acceptors (Lipinski definition) is 2. The lowest BCUT2D eigenvalue weighted by atomic mass is 9.44. The third kappa shape index (κ3) is 1.95. The fraction of sp³-hybridized carbons (Fsp3) is 0.864. The number of carbonyl (C=O) groups is 1. The Labute approximate surface area is 146 Å². The molecule has 2 nitrogen and oxygen atoms in total. The number of fused-ring (bicyclic) bond motifs is 4. The Balaban J connectivity index is 1.47. The zero-order chi connectivity index (χ0) is 16.5. The van der Waals surface area contributed by atoms with Gasteiger partial charge in [0.15, 0.2) is 5.78 Å². The van der Waals surface area contributed by atoms with Gasteiger partial charge in [-0.1, -0.05) is 13.0 Å². The molecule has 0 aliphatic heterocycles. The van der Waals surface area contributed by atoms with Crippen LogP contribution in [0, 0.1) is 40.4 Å². The summed E-state index contributed by atoms with van der Waals surface area (Å²) in [5, 5.41) is 10.1. The molecule has 0 heterocycles. The van der Waals surface area contributed by atoms with Crippen LogP contribution in [0.4, 0.5) is 0 Å². The van der Waals surface area contributed by atoms with Gasteiger partial charge in [0.2, 0.25) is 0 Å². The Morgan fingerprint density at radius 1 is 1.00 bits per heavy atom. The van der Waals surface area contributed by atoms with Gasteiger partial charge in [-0.25, -0.2) is 0 Å². The number of carbonyl (C=O) groups excluding carboxylic acids is 1. The summed E-state index contributed by atoms with van der Waals surface area (Å²) in [4.78, 5) is 11.9. The molecule has 1 spiro atoms. The van der Waals surface area contributed by atoms with Crippen LogP contribution in [-0.2, 0) is 4.79 Å². The molecule has 0 aromatic heterocycles. The SMILES string of the molecule is C[C@]12CC[C@@H](O)C[C@@H]1CC[C@@H]1[C@@H]2CC[C@]23C=CC(=O)C[C@H]2CC[C@@H]13. The molecule has 5 aliphatic carbocycles. The normalized spacial score (nSPS) is 56.2. The molecule has 0 radical (unpaired) electrons. The highest BCUT2D eigenvalue weighted by atomic mass is 16.3. The van der Waals surface area contributed by atoms with Crippen molar-refractivity contribution in [3.8, 4) is 0 Å². The van der Waals surface area contributed by atoms with E-state index in [2.05, 4.69) is 13.0 Å². The number of hydrogen-bond donors (Lipinski definition) is 1. The van der Waals surface area contributed by atoms with Crippen LogP contribution in [-0.4, -0.2) is 17.0 Å². The zero-order valence-corrected chi connectivity index (χ0v) is 15.0. The van der Waals surface area contributed by atoms with Gasteiger partial charge < -0.3 is 5.11 Å². The Morgan fingerprint density at radius 3 is 2.71 bits per heavy atom. The van der Waals surface area contributed by atoms with E-state index in [0.29, 0.717) is 22.5 Å². The van der Waals surface area contributed by atoms with Crippen LogP contribution in [0.25, 0.3) is 0 Å². The molecule has 0 aromatic carbocycles. The summed E-state index contributed by atoms with van der Waals surface area (Å²) in [6.07, 6.45) is 16.4. The van der Waals surface area contributed by atoms with Gasteiger partial charge in [-0.2, -0.15) is 0 Å². The molecule has 2 heteroatoms. The summed E-state index contributed by atoms with van der Waals surface area (Å²) in [5.74, 6) is 4.32. The topological polar surface area (TPSA) is 37.3 Å². The minimum absolute atomic E-state index is 0.0438. The van der Waals surface area contributed by atoms with E-state index in [1.54, 1.807) is 0 Å². The van der Waals surface area contributed by atoms with Crippen LogP contribution >= 0.6 is 0 Å². The fourth-order valence-electron chi connectivity index (χ4n) is 8.26. The molecule has 0 bridgehead atoms. The lowest BCUT2D eigenvalue weighted by molar-refractivity contribution is -0.127. The second-order valence-corrected chi connectivity index (χ2v) is 10.0. The third-order valence-corrected chi connectivity index (χ3v) is 9.43. The quantitative estimate of drug-likeness (QED) is 0.710. The number of rotatable bonds is 0. The minimum atomic E-state index is -0.0438. The van der Waals surface area contributed by atoms with Crippen LogP contribution in [0.1, 0.15) is 71.1 Å². The average Bonchev–Trinajstić information content (AvgIpc) is 2.94. The van der Waals surface area contributed by atoms with Gasteiger partial charge >= 0.3 is 0 Å². The monoisotopic (exact) mass is 328 g/mol. The van der Waals surface area contributed by atoms with E-state index in [1.165, 1.54) is 44.9 Å². The van der Waals surface area contributed by atoms with E-state index in [-0.39, 0.29) is 6.10 Å². The third-order valence-electron chi connectivity index (χ3n) is 9.43. The summed E-state index contributed by atoms with van der Waals surface area (Å²) in [5.41, 5.74) is 0.836. The van der Waals surface area contributed by atoms with Crippen molar-refractivity contribution in [3.05, 3.63) is 12.2 Å². The molecule has 0 amide bonds. The molecular weight excluding hydrogens is 296 g/mol. The molecule has 1 N–H and O–H groups in total. The Kier molecular flexibility index (Phi) is 3.38. The van der Waals surface area contributed by atoms with E-state index in [4.69, 9.17) is 0 Å². The second kappa shape index (κ2) is 5.19. The largest absolute Gasteiger partial charge is 0.393 e. The summed E-state index contributed by atoms with van der Waals surface area (Å²) < 4.78 is 0. The molecule has 4 saturated carbocycles. The number of aliphatic hydroxyl groups excluding tert-OH is 1. The molecule has 4 fully saturated rings. The first kappa shape index (κ1) is 15.6. The molecule has 24 heavy (non-hydrogen) atoms. The fourth-order valence-corrected chi connectivity index (χ4v) is 8.26. The smallest absolute Gasteiger partial charge is 0.155 e. The zero-order valence-electron chi connectivity index (χ0n) is 15.0. The highest BCUT2D eigenvalue weighted by Crippen LogP contribution is 2.68. The highest BCUT2D eigenvalue weighted by Gasteiger charge is 2.61. The van der Waals surface area contributed by atoms with Gasteiger partial charge in [0.1, 0.15) is 0 Å². The summed E-state index contributed by atoms with van der Waals surface area (Å²) >= 11 is 0. The first-order valence-corrected chi connectivity index (χ1v) is 10.4. The molecule has 8 atom stereocenters. The number of allylic oxidation sites excluding steroid dienone is 2. The predicted molar refractivity (Wildman–Crippen MR) is 94.3 cm³/mol. The molecular formula is C22H32O2. The molecule has 0 aromatic rings. The van der Waals surface area contributed by atoms with Crippen molar-refractivity contribution in [2.24, 2.45) is 40.4 Å². The van der Waals surface area contributed by atoms with Gasteiger partial charge in [-0.05, 0) is 104 Å². The standard InChI is InChI=1S/C22H32O2/c1-21-9-6-16(23)12-14(21)2-4-18-19(21)8-11-22-10-7-17(24)13-15(22)3-5-20(18)22/h7,10,14-16,18-20,23H,2-6,8-9,11-13H2,1H3/t14-,15+,16+,18+,19-,20-,21-,22+/m0/s1. The van der Waals surface area contributed by atoms with Gasteiger partial charge in [0, 0.05) is 6.42 Å². The lowest BCUT2D eigenvalue weighted by Crippen LogP contribution is -2.54. The summed E-state index contributed by atoms with van der Waals surface area (Å²) in [6.45, 7) is 2.56. The average molecular weight is 328 g/mol. The maximum atomic E-state index is 11.9. The predicted octanol–water partition coefficient (Wildman–Crippen LogP) is 4.52. The van der Waals surface area contributed by atoms with Gasteiger partial charge in [0.25, 0.3) is 0 Å². The van der Waals surface area contributed by atoms with E-state index in [0.717, 1.165) is 42.9 Å². The van der Waals surface area contributed by atoms with Gasteiger partial charge in [0.05, 0.1) is 6.10 Å². The number of ketones is 1. The van der Waals surface area contributed by atoms with Gasteiger partial charge in [-0.15, -0.1) is 0 Å². The van der Waals surface area contributed by atoms with Crippen LogP contribution in [0.3, 0.4) is 0 Å². The van der Waals surface area contributed by atoms with E-state index in [1.807, 2.05) is 6.08 Å². The van der Waals surface area contributed by atoms with Crippen molar-refractivity contribution in [2.75, 3.05) is 0 Å². The molecule has 132 valence electrons. The Bertz CT molecular complexity index is 581. The van der Waals surface area contributed by atoms with Crippen molar-refractivity contribution in [3.63, 3.8) is 0 Å². The minimum Gasteiger partial charge on any atom is -0.393 e. The molecule has 0 saturated heterocycles. The maximum absolute atomic E-state index is 11.9. The maximum Gasteiger partial charge on any atom is 0.155 e. The molecule has 5 rings (SSSR count). The Hall–Kier alpha value is -0.630. The van der Waals surface area contributed by atoms with Crippen molar-refractivity contribution < 1.29 is 9.90 Å².